The van der Waals surface area contributed by atoms with Crippen LogP contribution >= 0.6 is 11.6 Å². The first-order valence-corrected chi connectivity index (χ1v) is 5.08. The molecule has 2 rings (SSSR count). The SMILES string of the molecule is ClCC1(C2CCCO2)CCC1. The molecule has 1 aliphatic heterocycles. The molecular formula is C9H15ClO. The van der Waals surface area contributed by atoms with Gasteiger partial charge in [-0.2, -0.15) is 0 Å². The highest BCUT2D eigenvalue weighted by atomic mass is 35.5. The number of ether oxygens (including phenoxy) is 1. The van der Waals surface area contributed by atoms with Crippen LogP contribution in [0.1, 0.15) is 32.1 Å². The van der Waals surface area contributed by atoms with Gasteiger partial charge in [0, 0.05) is 17.9 Å². The third kappa shape index (κ3) is 1.19. The van der Waals surface area contributed by atoms with Gasteiger partial charge < -0.3 is 4.74 Å². The standard InChI is InChI=1S/C9H15ClO/c10-7-9(4-2-5-9)8-3-1-6-11-8/h8H,1-7H2. The molecule has 0 aromatic heterocycles. The first kappa shape index (κ1) is 7.88. The Morgan fingerprint density at radius 2 is 2.18 bits per heavy atom. The summed E-state index contributed by atoms with van der Waals surface area (Å²) in [4.78, 5) is 0. The van der Waals surface area contributed by atoms with Gasteiger partial charge in [0.25, 0.3) is 0 Å². The van der Waals surface area contributed by atoms with E-state index in [0.29, 0.717) is 11.5 Å². The second-order valence-electron chi connectivity index (χ2n) is 3.85. The average molecular weight is 175 g/mol. The van der Waals surface area contributed by atoms with Crippen molar-refractivity contribution in [1.82, 2.24) is 0 Å². The highest BCUT2D eigenvalue weighted by molar-refractivity contribution is 6.18. The van der Waals surface area contributed by atoms with Gasteiger partial charge >= 0.3 is 0 Å². The molecule has 1 heterocycles. The molecule has 0 amide bonds. The Labute approximate surface area is 73.1 Å². The molecule has 11 heavy (non-hydrogen) atoms. The first-order valence-electron chi connectivity index (χ1n) is 4.55. The fraction of sp³-hybridized carbons (Fsp3) is 1.00. The highest BCUT2D eigenvalue weighted by Gasteiger charge is 2.45. The minimum absolute atomic E-state index is 0.387. The minimum atomic E-state index is 0.387. The molecule has 0 N–H and O–H groups in total. The Hall–Kier alpha value is 0.250. The maximum atomic E-state index is 5.96. The van der Waals surface area contributed by atoms with Crippen molar-refractivity contribution in [2.24, 2.45) is 5.41 Å². The van der Waals surface area contributed by atoms with Crippen LogP contribution in [0.5, 0.6) is 0 Å². The van der Waals surface area contributed by atoms with Crippen LogP contribution in [-0.4, -0.2) is 18.6 Å². The molecule has 0 spiro atoms. The molecule has 2 aliphatic rings. The lowest BCUT2D eigenvalue weighted by molar-refractivity contribution is -0.0349. The number of hydrogen-bond donors (Lipinski definition) is 0. The summed E-state index contributed by atoms with van der Waals surface area (Å²) in [6.07, 6.45) is 6.92. The van der Waals surface area contributed by atoms with Crippen molar-refractivity contribution in [3.05, 3.63) is 0 Å². The third-order valence-electron chi connectivity index (χ3n) is 3.23. The lowest BCUT2D eigenvalue weighted by atomic mass is 9.66. The number of hydrogen-bond acceptors (Lipinski definition) is 1. The Morgan fingerprint density at radius 3 is 2.55 bits per heavy atom. The second kappa shape index (κ2) is 2.95. The lowest BCUT2D eigenvalue weighted by Gasteiger charge is -2.44. The van der Waals surface area contributed by atoms with Gasteiger partial charge in [0.15, 0.2) is 0 Å². The van der Waals surface area contributed by atoms with Crippen LogP contribution in [0.25, 0.3) is 0 Å². The van der Waals surface area contributed by atoms with E-state index >= 15 is 0 Å². The van der Waals surface area contributed by atoms with Crippen LogP contribution in [0.3, 0.4) is 0 Å². The van der Waals surface area contributed by atoms with Gasteiger partial charge in [-0.15, -0.1) is 11.6 Å². The van der Waals surface area contributed by atoms with Crippen LogP contribution in [0, 0.1) is 5.41 Å². The summed E-state index contributed by atoms with van der Waals surface area (Å²) in [7, 11) is 0. The van der Waals surface area contributed by atoms with E-state index < -0.39 is 0 Å². The van der Waals surface area contributed by atoms with Gasteiger partial charge in [0.1, 0.15) is 0 Å². The summed E-state index contributed by atoms with van der Waals surface area (Å²) in [5.74, 6) is 0.803. The molecule has 1 saturated heterocycles. The van der Waals surface area contributed by atoms with E-state index in [4.69, 9.17) is 16.3 Å². The van der Waals surface area contributed by atoms with Crippen molar-refractivity contribution in [2.45, 2.75) is 38.2 Å². The van der Waals surface area contributed by atoms with E-state index in [2.05, 4.69) is 0 Å². The molecule has 2 fully saturated rings. The Morgan fingerprint density at radius 1 is 1.36 bits per heavy atom. The molecular weight excluding hydrogens is 160 g/mol. The number of halogens is 1. The van der Waals surface area contributed by atoms with E-state index in [0.717, 1.165) is 12.5 Å². The van der Waals surface area contributed by atoms with Crippen LogP contribution in [0.2, 0.25) is 0 Å². The quantitative estimate of drug-likeness (QED) is 0.585. The maximum absolute atomic E-state index is 5.96. The van der Waals surface area contributed by atoms with Gasteiger partial charge in [-0.1, -0.05) is 6.42 Å². The van der Waals surface area contributed by atoms with Crippen molar-refractivity contribution >= 4 is 11.6 Å². The lowest BCUT2D eigenvalue weighted by Crippen LogP contribution is -2.42. The zero-order valence-corrected chi connectivity index (χ0v) is 7.57. The molecule has 0 radical (unpaired) electrons. The average Bonchev–Trinajstić information content (AvgIpc) is 2.39. The van der Waals surface area contributed by atoms with E-state index in [-0.39, 0.29) is 0 Å². The number of rotatable bonds is 2. The van der Waals surface area contributed by atoms with Crippen LogP contribution in [0.15, 0.2) is 0 Å². The van der Waals surface area contributed by atoms with Crippen LogP contribution < -0.4 is 0 Å². The number of alkyl halides is 1. The summed E-state index contributed by atoms with van der Waals surface area (Å²) in [6.45, 7) is 0.962. The maximum Gasteiger partial charge on any atom is 0.0643 e. The van der Waals surface area contributed by atoms with Crippen molar-refractivity contribution in [3.63, 3.8) is 0 Å². The van der Waals surface area contributed by atoms with Gasteiger partial charge in [0.05, 0.1) is 6.10 Å². The fourth-order valence-electron chi connectivity index (χ4n) is 2.23. The summed E-state index contributed by atoms with van der Waals surface area (Å²) < 4.78 is 5.67. The van der Waals surface area contributed by atoms with Crippen LogP contribution in [0.4, 0.5) is 0 Å². The predicted molar refractivity (Wildman–Crippen MR) is 46.0 cm³/mol. The fourth-order valence-corrected chi connectivity index (χ4v) is 2.67. The van der Waals surface area contributed by atoms with E-state index in [1.807, 2.05) is 0 Å². The molecule has 1 nitrogen and oxygen atoms in total. The van der Waals surface area contributed by atoms with Crippen molar-refractivity contribution in [1.29, 1.82) is 0 Å². The summed E-state index contributed by atoms with van der Waals surface area (Å²) in [6, 6.07) is 0. The second-order valence-corrected chi connectivity index (χ2v) is 4.12. The minimum Gasteiger partial charge on any atom is -0.378 e. The molecule has 0 bridgehead atoms. The molecule has 2 heteroatoms. The van der Waals surface area contributed by atoms with Gasteiger partial charge in [0.2, 0.25) is 0 Å². The van der Waals surface area contributed by atoms with E-state index in [9.17, 15) is 0 Å². The van der Waals surface area contributed by atoms with E-state index in [1.54, 1.807) is 0 Å². The Kier molecular flexibility index (Phi) is 2.11. The molecule has 1 saturated carbocycles. The third-order valence-corrected chi connectivity index (χ3v) is 3.76. The van der Waals surface area contributed by atoms with Crippen molar-refractivity contribution in [2.75, 3.05) is 12.5 Å². The Bertz CT molecular complexity index is 131. The summed E-state index contributed by atoms with van der Waals surface area (Å²) >= 11 is 5.96. The molecule has 1 unspecified atom stereocenters. The van der Waals surface area contributed by atoms with Gasteiger partial charge in [-0.05, 0) is 25.7 Å². The first-order chi connectivity index (χ1) is 5.37. The van der Waals surface area contributed by atoms with Crippen LogP contribution in [-0.2, 0) is 4.74 Å². The van der Waals surface area contributed by atoms with Crippen molar-refractivity contribution in [3.8, 4) is 0 Å². The predicted octanol–water partition coefficient (Wildman–Crippen LogP) is 2.57. The van der Waals surface area contributed by atoms with Gasteiger partial charge in [-0.25, -0.2) is 0 Å². The van der Waals surface area contributed by atoms with E-state index in [1.165, 1.54) is 32.1 Å². The zero-order chi connectivity index (χ0) is 7.73. The smallest absolute Gasteiger partial charge is 0.0643 e. The molecule has 1 atom stereocenters. The summed E-state index contributed by atoms with van der Waals surface area (Å²) in [5.41, 5.74) is 0.387. The Balaban J connectivity index is 1.99. The largest absolute Gasteiger partial charge is 0.378 e. The molecule has 1 aliphatic carbocycles. The molecule has 0 aromatic rings. The monoisotopic (exact) mass is 174 g/mol. The summed E-state index contributed by atoms with van der Waals surface area (Å²) in [5, 5.41) is 0. The zero-order valence-electron chi connectivity index (χ0n) is 6.81. The van der Waals surface area contributed by atoms with Crippen molar-refractivity contribution < 1.29 is 4.74 Å². The highest BCUT2D eigenvalue weighted by Crippen LogP contribution is 2.48. The normalized spacial score (nSPS) is 35.2. The van der Waals surface area contributed by atoms with Gasteiger partial charge in [-0.3, -0.25) is 0 Å². The molecule has 64 valence electrons. The molecule has 0 aromatic carbocycles. The topological polar surface area (TPSA) is 9.23 Å².